The third-order valence-electron chi connectivity index (χ3n) is 8.86. The minimum atomic E-state index is -0.185. The maximum Gasteiger partial charge on any atom is 0.307 e. The Kier molecular flexibility index (Phi) is 34.5. The molecule has 0 spiro atoms. The maximum absolute atomic E-state index is 12.4. The summed E-state index contributed by atoms with van der Waals surface area (Å²) in [5.74, 6) is -0.370. The molecule has 7 nitrogen and oxygen atoms in total. The second-order valence-corrected chi connectivity index (χ2v) is 13.1. The average Bonchev–Trinajstić information content (AvgIpc) is 3.06. The first kappa shape index (κ1) is 44.1. The number of nitrogens with one attached hydrogen (secondary N) is 1. The van der Waals surface area contributed by atoms with Crippen LogP contribution in [-0.4, -0.2) is 67.5 Å². The molecule has 0 aromatic rings. The van der Waals surface area contributed by atoms with Gasteiger partial charge in [-0.25, -0.2) is 0 Å². The molecule has 0 unspecified atom stereocenters. The third-order valence-corrected chi connectivity index (χ3v) is 8.86. The van der Waals surface area contributed by atoms with Crippen LogP contribution in [0, 0.1) is 5.41 Å². The van der Waals surface area contributed by atoms with E-state index in [2.05, 4.69) is 25.3 Å². The summed E-state index contributed by atoms with van der Waals surface area (Å²) in [5, 5.41) is 7.50. The maximum atomic E-state index is 12.4. The van der Waals surface area contributed by atoms with Gasteiger partial charge in [-0.1, -0.05) is 162 Å². The second-order valence-electron chi connectivity index (χ2n) is 13.1. The van der Waals surface area contributed by atoms with Crippen molar-refractivity contribution in [3.63, 3.8) is 0 Å². The zero-order valence-electron chi connectivity index (χ0n) is 30.5. The molecule has 0 bridgehead atoms. The summed E-state index contributed by atoms with van der Waals surface area (Å²) in [7, 11) is 0. The molecule has 0 aliphatic rings. The van der Waals surface area contributed by atoms with Crippen LogP contribution in [0.3, 0.4) is 0 Å². The lowest BCUT2D eigenvalue weighted by molar-refractivity contribution is -0.144. The first-order chi connectivity index (χ1) is 22.6. The number of esters is 2. The number of carbonyl (C=O) groups is 2. The van der Waals surface area contributed by atoms with Crippen LogP contribution in [0.2, 0.25) is 0 Å². The van der Waals surface area contributed by atoms with Crippen LogP contribution < -0.4 is 0 Å². The van der Waals surface area contributed by atoms with Gasteiger partial charge >= 0.3 is 11.9 Å². The summed E-state index contributed by atoms with van der Waals surface area (Å²) < 4.78 is 11.0. The third kappa shape index (κ3) is 32.1. The van der Waals surface area contributed by atoms with Crippen molar-refractivity contribution >= 4 is 18.3 Å². The van der Waals surface area contributed by atoms with E-state index in [0.29, 0.717) is 52.2 Å². The number of ether oxygens (including phenoxy) is 2. The highest BCUT2D eigenvalue weighted by atomic mass is 16.5. The zero-order chi connectivity index (χ0) is 33.8. The molecule has 7 heteroatoms. The van der Waals surface area contributed by atoms with Crippen LogP contribution in [0.5, 0.6) is 0 Å². The molecule has 0 radical (unpaired) electrons. The number of nitrogens with zero attached hydrogens (tertiary/aromatic N) is 2. The molecule has 46 heavy (non-hydrogen) atoms. The van der Waals surface area contributed by atoms with Crippen LogP contribution in [0.1, 0.15) is 181 Å². The summed E-state index contributed by atoms with van der Waals surface area (Å²) in [6.07, 6.45) is 34.2. The van der Waals surface area contributed by atoms with Crippen molar-refractivity contribution in [3.8, 4) is 0 Å². The molecular formula is C39H75N3O4. The Balaban J connectivity index is 4.00. The van der Waals surface area contributed by atoms with Gasteiger partial charge in [-0.15, -0.1) is 0 Å². The highest BCUT2D eigenvalue weighted by molar-refractivity contribution is 5.70. The Bertz CT molecular complexity index is 649. The summed E-state index contributed by atoms with van der Waals surface area (Å²) in [6.45, 7) is 11.5. The Morgan fingerprint density at radius 3 is 1.15 bits per heavy atom. The minimum absolute atomic E-state index is 0.185. The van der Waals surface area contributed by atoms with Gasteiger partial charge in [0.15, 0.2) is 0 Å². The highest BCUT2D eigenvalue weighted by Gasteiger charge is 2.13. The SMILES string of the molecule is C=CN(C=N)CCN(CCC(=O)OCCCCCCCCCCCCCC)CCC(=O)OCCCCCCCCCCCCCC. The van der Waals surface area contributed by atoms with E-state index in [1.807, 2.05) is 0 Å². The Hall–Kier alpha value is -1.89. The van der Waals surface area contributed by atoms with E-state index < -0.39 is 0 Å². The first-order valence-corrected chi connectivity index (χ1v) is 19.5. The van der Waals surface area contributed by atoms with Crippen LogP contribution in [0.15, 0.2) is 12.8 Å². The van der Waals surface area contributed by atoms with Crippen molar-refractivity contribution in [2.75, 3.05) is 39.4 Å². The molecule has 0 rings (SSSR count). The quantitative estimate of drug-likeness (QED) is 0.0312. The number of hydrogen-bond donors (Lipinski definition) is 1. The predicted molar refractivity (Wildman–Crippen MR) is 195 cm³/mol. The van der Waals surface area contributed by atoms with Crippen LogP contribution in [0.4, 0.5) is 0 Å². The van der Waals surface area contributed by atoms with Gasteiger partial charge in [-0.05, 0) is 19.0 Å². The smallest absolute Gasteiger partial charge is 0.307 e. The van der Waals surface area contributed by atoms with E-state index >= 15 is 0 Å². The first-order valence-electron chi connectivity index (χ1n) is 19.5. The van der Waals surface area contributed by atoms with Crippen LogP contribution in [-0.2, 0) is 19.1 Å². The van der Waals surface area contributed by atoms with Crippen LogP contribution >= 0.6 is 0 Å². The summed E-state index contributed by atoms with van der Waals surface area (Å²) in [6, 6.07) is 0. The number of rotatable bonds is 37. The van der Waals surface area contributed by atoms with Crippen molar-refractivity contribution in [1.82, 2.24) is 9.80 Å². The van der Waals surface area contributed by atoms with E-state index in [1.165, 1.54) is 135 Å². The molecular weight excluding hydrogens is 574 g/mol. The molecule has 1 N–H and O–H groups in total. The molecule has 0 aliphatic heterocycles. The fraction of sp³-hybridized carbons (Fsp3) is 0.872. The van der Waals surface area contributed by atoms with Crippen molar-refractivity contribution in [3.05, 3.63) is 12.8 Å². The van der Waals surface area contributed by atoms with Gasteiger partial charge in [0.25, 0.3) is 0 Å². The van der Waals surface area contributed by atoms with E-state index in [4.69, 9.17) is 14.9 Å². The van der Waals surface area contributed by atoms with Crippen molar-refractivity contribution in [2.45, 2.75) is 181 Å². The van der Waals surface area contributed by atoms with Gasteiger partial charge < -0.3 is 19.3 Å². The molecule has 0 atom stereocenters. The highest BCUT2D eigenvalue weighted by Crippen LogP contribution is 2.13. The van der Waals surface area contributed by atoms with E-state index in [9.17, 15) is 9.59 Å². The van der Waals surface area contributed by atoms with E-state index in [1.54, 1.807) is 11.1 Å². The monoisotopic (exact) mass is 650 g/mol. The van der Waals surface area contributed by atoms with Crippen molar-refractivity contribution in [1.29, 1.82) is 5.41 Å². The Morgan fingerprint density at radius 1 is 0.522 bits per heavy atom. The van der Waals surface area contributed by atoms with Gasteiger partial charge in [0.05, 0.1) is 32.4 Å². The van der Waals surface area contributed by atoms with Gasteiger partial charge in [-0.3, -0.25) is 15.0 Å². The standard InChI is InChI=1S/C39H75N3O4/c1-4-7-9-11-13-15-17-19-21-23-25-27-35-45-38(43)29-31-42(34-33-41(6-3)37-40)32-30-39(44)46-36-28-26-24-22-20-18-16-14-12-10-8-5-2/h6,37,40H,3-5,7-36H2,1-2H3. The molecule has 0 aliphatic carbocycles. The van der Waals surface area contributed by atoms with Gasteiger partial charge in [0.1, 0.15) is 0 Å². The van der Waals surface area contributed by atoms with Gasteiger partial charge in [-0.2, -0.15) is 0 Å². The van der Waals surface area contributed by atoms with E-state index in [-0.39, 0.29) is 11.9 Å². The lowest BCUT2D eigenvalue weighted by Crippen LogP contribution is -2.35. The minimum Gasteiger partial charge on any atom is -0.466 e. The average molecular weight is 650 g/mol. The largest absolute Gasteiger partial charge is 0.466 e. The molecule has 0 saturated carbocycles. The molecule has 0 heterocycles. The number of hydrogen-bond acceptors (Lipinski definition) is 6. The lowest BCUT2D eigenvalue weighted by Gasteiger charge is -2.24. The van der Waals surface area contributed by atoms with E-state index in [0.717, 1.165) is 25.7 Å². The van der Waals surface area contributed by atoms with Crippen molar-refractivity contribution < 1.29 is 19.1 Å². The topological polar surface area (TPSA) is 82.9 Å². The summed E-state index contributed by atoms with van der Waals surface area (Å²) >= 11 is 0. The molecule has 0 fully saturated rings. The predicted octanol–water partition coefficient (Wildman–Crippen LogP) is 10.6. The molecule has 270 valence electrons. The fourth-order valence-electron chi connectivity index (χ4n) is 5.70. The molecule has 0 aromatic carbocycles. The normalized spacial score (nSPS) is 11.1. The number of carbonyl (C=O) groups excluding carboxylic acids is 2. The summed E-state index contributed by atoms with van der Waals surface area (Å²) in [4.78, 5) is 28.5. The fourth-order valence-corrected chi connectivity index (χ4v) is 5.70. The molecule has 0 amide bonds. The second kappa shape index (κ2) is 36.0. The number of unbranched alkanes of at least 4 members (excludes halogenated alkanes) is 22. The van der Waals surface area contributed by atoms with Crippen LogP contribution in [0.25, 0.3) is 0 Å². The zero-order valence-corrected chi connectivity index (χ0v) is 30.5. The Morgan fingerprint density at radius 2 is 0.848 bits per heavy atom. The molecule has 0 aromatic heterocycles. The van der Waals surface area contributed by atoms with Gasteiger partial charge in [0.2, 0.25) is 0 Å². The lowest BCUT2D eigenvalue weighted by atomic mass is 10.1. The molecule has 0 saturated heterocycles. The Labute approximate surface area is 285 Å². The van der Waals surface area contributed by atoms with Gasteiger partial charge in [0, 0.05) is 26.2 Å². The summed E-state index contributed by atoms with van der Waals surface area (Å²) in [5.41, 5.74) is 0. The van der Waals surface area contributed by atoms with Crippen molar-refractivity contribution in [2.24, 2.45) is 0 Å².